The molecule has 5 nitrogen and oxygen atoms in total. The van der Waals surface area contributed by atoms with E-state index in [9.17, 15) is 17.6 Å². The number of nitrogens with one attached hydrogen (secondary N) is 1. The van der Waals surface area contributed by atoms with E-state index in [0.29, 0.717) is 35.3 Å². The summed E-state index contributed by atoms with van der Waals surface area (Å²) < 4.78 is 43.6. The third-order valence-corrected chi connectivity index (χ3v) is 6.83. The van der Waals surface area contributed by atoms with Crippen LogP contribution in [0.1, 0.15) is 29.7 Å². The van der Waals surface area contributed by atoms with Crippen molar-refractivity contribution >= 4 is 38.3 Å². The van der Waals surface area contributed by atoms with Gasteiger partial charge in [-0.2, -0.15) is 0 Å². The molecule has 0 aliphatic heterocycles. The predicted octanol–water partition coefficient (Wildman–Crippen LogP) is 2.93. The van der Waals surface area contributed by atoms with E-state index >= 15 is 0 Å². The molecule has 1 N–H and O–H groups in total. The summed E-state index contributed by atoms with van der Waals surface area (Å²) in [6.45, 7) is 1.63. The van der Waals surface area contributed by atoms with Gasteiger partial charge in [0.15, 0.2) is 0 Å². The standard InChI is InChI=1S/C17H18FIN2O3S/c1-10-7-15(20-25(23,24)13-5-6-13)16(21(2)17(10)22)8-11-3-4-12(19)9-14(11)18/h3-4,7,9,13,20H,5-6,8H2,1-2H3. The number of hydrogen-bond donors (Lipinski definition) is 1. The molecule has 1 aliphatic carbocycles. The number of halogens is 2. The minimum atomic E-state index is -3.48. The fourth-order valence-corrected chi connectivity index (χ4v) is 4.55. The van der Waals surface area contributed by atoms with Gasteiger partial charge >= 0.3 is 0 Å². The Labute approximate surface area is 159 Å². The average Bonchev–Trinajstić information content (AvgIpc) is 3.36. The van der Waals surface area contributed by atoms with Crippen LogP contribution >= 0.6 is 22.6 Å². The van der Waals surface area contributed by atoms with Gasteiger partial charge < -0.3 is 4.57 Å². The number of benzene rings is 1. The lowest BCUT2D eigenvalue weighted by atomic mass is 10.1. The van der Waals surface area contributed by atoms with Crippen LogP contribution in [-0.2, 0) is 23.5 Å². The topological polar surface area (TPSA) is 68.2 Å². The number of pyridine rings is 1. The molecule has 25 heavy (non-hydrogen) atoms. The van der Waals surface area contributed by atoms with Gasteiger partial charge in [0.1, 0.15) is 5.82 Å². The van der Waals surface area contributed by atoms with E-state index in [4.69, 9.17) is 0 Å². The van der Waals surface area contributed by atoms with Gasteiger partial charge in [-0.25, -0.2) is 12.8 Å². The molecule has 134 valence electrons. The van der Waals surface area contributed by atoms with Crippen molar-refractivity contribution in [2.45, 2.75) is 31.4 Å². The first-order chi connectivity index (χ1) is 11.7. The number of sulfonamides is 1. The van der Waals surface area contributed by atoms with Crippen LogP contribution in [0.25, 0.3) is 0 Å². The van der Waals surface area contributed by atoms with Crippen LogP contribution in [0.2, 0.25) is 0 Å². The molecule has 0 amide bonds. The monoisotopic (exact) mass is 476 g/mol. The van der Waals surface area contributed by atoms with E-state index < -0.39 is 10.0 Å². The molecule has 1 heterocycles. The molecule has 0 radical (unpaired) electrons. The summed E-state index contributed by atoms with van der Waals surface area (Å²) in [5.74, 6) is -0.379. The molecule has 0 atom stereocenters. The third kappa shape index (κ3) is 3.89. The van der Waals surface area contributed by atoms with Gasteiger partial charge in [0.25, 0.3) is 5.56 Å². The van der Waals surface area contributed by atoms with Gasteiger partial charge in [0, 0.05) is 28.3 Å². The van der Waals surface area contributed by atoms with Crippen LogP contribution in [-0.4, -0.2) is 18.2 Å². The Morgan fingerprint density at radius 1 is 1.32 bits per heavy atom. The zero-order valence-corrected chi connectivity index (χ0v) is 16.8. The maximum absolute atomic E-state index is 14.2. The molecular weight excluding hydrogens is 458 g/mol. The summed E-state index contributed by atoms with van der Waals surface area (Å²) in [6, 6.07) is 6.37. The molecule has 0 unspecified atom stereocenters. The van der Waals surface area contributed by atoms with Gasteiger partial charge in [0.05, 0.1) is 10.9 Å². The summed E-state index contributed by atoms with van der Waals surface area (Å²) >= 11 is 2.02. The smallest absolute Gasteiger partial charge is 0.253 e. The maximum Gasteiger partial charge on any atom is 0.253 e. The summed E-state index contributed by atoms with van der Waals surface area (Å²) in [4.78, 5) is 12.3. The fourth-order valence-electron chi connectivity index (χ4n) is 2.69. The molecule has 1 saturated carbocycles. The summed E-state index contributed by atoms with van der Waals surface area (Å²) in [5.41, 5.74) is 1.40. The number of hydrogen-bond acceptors (Lipinski definition) is 3. The molecule has 0 saturated heterocycles. The van der Waals surface area contributed by atoms with Crippen molar-refractivity contribution in [2.24, 2.45) is 7.05 Å². The number of rotatable bonds is 5. The minimum absolute atomic E-state index is 0.122. The Balaban J connectivity index is 2.07. The van der Waals surface area contributed by atoms with Crippen LogP contribution in [0.4, 0.5) is 10.1 Å². The van der Waals surface area contributed by atoms with Gasteiger partial charge in [0.2, 0.25) is 10.0 Å². The molecule has 1 aliphatic rings. The molecule has 0 bridgehead atoms. The second-order valence-corrected chi connectivity index (χ2v) is 9.52. The highest BCUT2D eigenvalue weighted by molar-refractivity contribution is 14.1. The van der Waals surface area contributed by atoms with E-state index in [1.165, 1.54) is 16.7 Å². The van der Waals surface area contributed by atoms with Crippen LogP contribution < -0.4 is 10.3 Å². The predicted molar refractivity (Wildman–Crippen MR) is 104 cm³/mol. The Kier molecular flexibility index (Phi) is 4.93. The summed E-state index contributed by atoms with van der Waals surface area (Å²) in [5, 5.41) is -0.382. The average molecular weight is 476 g/mol. The van der Waals surface area contributed by atoms with Crippen LogP contribution in [0.5, 0.6) is 0 Å². The highest BCUT2D eigenvalue weighted by atomic mass is 127. The molecule has 1 fully saturated rings. The van der Waals surface area contributed by atoms with Crippen molar-refractivity contribution < 1.29 is 12.8 Å². The van der Waals surface area contributed by atoms with Gasteiger partial charge in [-0.15, -0.1) is 0 Å². The fraction of sp³-hybridized carbons (Fsp3) is 0.353. The second-order valence-electron chi connectivity index (χ2n) is 6.31. The first-order valence-corrected chi connectivity index (χ1v) is 10.5. The van der Waals surface area contributed by atoms with E-state index in [1.807, 2.05) is 22.6 Å². The van der Waals surface area contributed by atoms with Crippen molar-refractivity contribution in [1.82, 2.24) is 4.57 Å². The Bertz CT molecular complexity index is 998. The Hall–Kier alpha value is -1.42. The van der Waals surface area contributed by atoms with Gasteiger partial charge in [-0.3, -0.25) is 9.52 Å². The highest BCUT2D eigenvalue weighted by Gasteiger charge is 2.36. The van der Waals surface area contributed by atoms with Crippen molar-refractivity contribution in [3.05, 3.63) is 60.8 Å². The number of aryl methyl sites for hydroxylation is 1. The van der Waals surface area contributed by atoms with Crippen molar-refractivity contribution in [3.63, 3.8) is 0 Å². The minimum Gasteiger partial charge on any atom is -0.313 e. The van der Waals surface area contributed by atoms with Gasteiger partial charge in [-0.1, -0.05) is 6.07 Å². The molecular formula is C17H18FIN2O3S. The second kappa shape index (κ2) is 6.71. The zero-order valence-electron chi connectivity index (χ0n) is 13.8. The van der Waals surface area contributed by atoms with E-state index in [1.54, 1.807) is 26.1 Å². The van der Waals surface area contributed by atoms with Crippen LogP contribution in [0, 0.1) is 16.3 Å². The van der Waals surface area contributed by atoms with E-state index in [2.05, 4.69) is 4.72 Å². The summed E-state index contributed by atoms with van der Waals surface area (Å²) in [6.07, 6.45) is 1.40. The first kappa shape index (κ1) is 18.4. The molecule has 8 heteroatoms. The van der Waals surface area contributed by atoms with Crippen LogP contribution in [0.3, 0.4) is 0 Å². The third-order valence-electron chi connectivity index (χ3n) is 4.31. The van der Waals surface area contributed by atoms with E-state index in [-0.39, 0.29) is 23.0 Å². The summed E-state index contributed by atoms with van der Waals surface area (Å²) in [7, 11) is -1.90. The lowest BCUT2D eigenvalue weighted by Crippen LogP contribution is -2.27. The largest absolute Gasteiger partial charge is 0.313 e. The molecule has 2 aromatic rings. The number of aromatic nitrogens is 1. The van der Waals surface area contributed by atoms with Gasteiger partial charge in [-0.05, 0) is 66.1 Å². The molecule has 0 spiro atoms. The highest BCUT2D eigenvalue weighted by Crippen LogP contribution is 2.31. The molecule has 1 aromatic heterocycles. The van der Waals surface area contributed by atoms with E-state index in [0.717, 1.165) is 3.57 Å². The SMILES string of the molecule is Cc1cc(NS(=O)(=O)C2CC2)c(Cc2ccc(I)cc2F)n(C)c1=O. The lowest BCUT2D eigenvalue weighted by Gasteiger charge is -2.17. The number of nitrogens with zero attached hydrogens (tertiary/aromatic N) is 1. The number of anilines is 1. The molecule has 1 aromatic carbocycles. The quantitative estimate of drug-likeness (QED) is 0.676. The normalized spacial score (nSPS) is 14.6. The zero-order chi connectivity index (χ0) is 18.4. The Morgan fingerprint density at radius 3 is 2.60 bits per heavy atom. The van der Waals surface area contributed by atoms with Crippen molar-refractivity contribution in [1.29, 1.82) is 0 Å². The maximum atomic E-state index is 14.2. The molecule has 3 rings (SSSR count). The lowest BCUT2D eigenvalue weighted by molar-refractivity contribution is 0.599. The van der Waals surface area contributed by atoms with Crippen LogP contribution in [0.15, 0.2) is 29.1 Å². The van der Waals surface area contributed by atoms with Crippen molar-refractivity contribution in [2.75, 3.05) is 4.72 Å². The Morgan fingerprint density at radius 2 is 2.00 bits per heavy atom. The van der Waals surface area contributed by atoms with Crippen molar-refractivity contribution in [3.8, 4) is 0 Å². The first-order valence-electron chi connectivity index (χ1n) is 7.84.